The third kappa shape index (κ3) is 8.86. The van der Waals surface area contributed by atoms with Crippen LogP contribution in [0.5, 0.6) is 0 Å². The molecule has 2 atom stereocenters. The van der Waals surface area contributed by atoms with Crippen molar-refractivity contribution in [3.05, 3.63) is 53.9 Å². The summed E-state index contributed by atoms with van der Waals surface area (Å²) in [5.74, 6) is -6.75. The van der Waals surface area contributed by atoms with Crippen molar-refractivity contribution in [3.8, 4) is 0 Å². The molecule has 1 heterocycles. The molecule has 1 aromatic carbocycles. The lowest BCUT2D eigenvalue weighted by molar-refractivity contribution is -0.309. The molecule has 0 spiro atoms. The lowest BCUT2D eigenvalue weighted by Gasteiger charge is -2.21. The van der Waals surface area contributed by atoms with Crippen molar-refractivity contribution in [2.45, 2.75) is 44.7 Å². The third-order valence-corrected chi connectivity index (χ3v) is 4.20. The zero-order valence-corrected chi connectivity index (χ0v) is 17.3. The van der Waals surface area contributed by atoms with Gasteiger partial charge in [0.25, 0.3) is 0 Å². The zero-order chi connectivity index (χ0) is 29.3. The van der Waals surface area contributed by atoms with E-state index in [4.69, 9.17) is 28.3 Å². The van der Waals surface area contributed by atoms with E-state index in [-0.39, 0.29) is 13.0 Å². The number of rotatable bonds is 11. The summed E-state index contributed by atoms with van der Waals surface area (Å²) in [4.78, 5) is 30.3. The monoisotopic (exact) mass is 455 g/mol. The first-order valence-electron chi connectivity index (χ1n) is 12.4. The van der Waals surface area contributed by atoms with Crippen LogP contribution in [0.4, 0.5) is 0 Å². The molecule has 0 saturated carbocycles. The Morgan fingerprint density at radius 1 is 1.19 bits per heavy atom. The van der Waals surface area contributed by atoms with Gasteiger partial charge in [-0.1, -0.05) is 44.0 Å². The molecule has 0 radical (unpaired) electrons. The maximum atomic E-state index is 10.3. The van der Waals surface area contributed by atoms with Crippen LogP contribution in [0.15, 0.2) is 42.6 Å². The molecular weight excluding hydrogens is 420 g/mol. The van der Waals surface area contributed by atoms with Crippen molar-refractivity contribution < 1.29 is 47.8 Å². The summed E-state index contributed by atoms with van der Waals surface area (Å²) in [6, 6.07) is 11.3. The van der Waals surface area contributed by atoms with Crippen molar-refractivity contribution in [1.82, 2.24) is 9.78 Å². The number of carbonyl (C=O) groups excluding carboxylic acids is 1. The van der Waals surface area contributed by atoms with E-state index in [9.17, 15) is 19.5 Å². The second-order valence-electron chi connectivity index (χ2n) is 6.84. The molecule has 0 aliphatic carbocycles. The molecule has 2 rings (SSSR count). The fraction of sp³-hybridized carbons (Fsp3) is 0.455. The predicted octanol–water partition coefficient (Wildman–Crippen LogP) is 0.989. The van der Waals surface area contributed by atoms with Crippen LogP contribution >= 0.6 is 0 Å². The van der Waals surface area contributed by atoms with Crippen molar-refractivity contribution >= 4 is 17.9 Å². The third-order valence-electron chi connectivity index (χ3n) is 4.20. The van der Waals surface area contributed by atoms with Crippen molar-refractivity contribution in [3.63, 3.8) is 0 Å². The highest BCUT2D eigenvalue weighted by Crippen LogP contribution is 2.25. The first-order valence-corrected chi connectivity index (χ1v) is 9.40. The molecule has 176 valence electrons. The second-order valence-corrected chi connectivity index (χ2v) is 6.84. The molecule has 0 amide bonds. The van der Waals surface area contributed by atoms with Crippen molar-refractivity contribution in [2.24, 2.45) is 13.0 Å². The minimum Gasteiger partial charge on any atom is -0.550 e. The summed E-state index contributed by atoms with van der Waals surface area (Å²) < 4.78 is 52.4. The summed E-state index contributed by atoms with van der Waals surface area (Å²) in [7, 11) is 1.79. The van der Waals surface area contributed by atoms with Gasteiger partial charge in [0.2, 0.25) is 0 Å². The van der Waals surface area contributed by atoms with Crippen LogP contribution in [-0.2, 0) is 26.2 Å². The van der Waals surface area contributed by atoms with E-state index in [1.54, 1.807) is 17.9 Å². The molecule has 0 saturated heterocycles. The maximum Gasteiger partial charge on any atom is 0.336 e. The number of nitrogens with zero attached hydrogens (tertiary/aromatic N) is 2. The number of hydrogen-bond donors (Lipinski definition) is 3. The van der Waals surface area contributed by atoms with Gasteiger partial charge in [0.15, 0.2) is 5.60 Å². The maximum absolute atomic E-state index is 10.3. The molecule has 1 aromatic heterocycles. The van der Waals surface area contributed by atoms with Crippen LogP contribution in [-0.4, -0.2) is 55.2 Å². The number of aromatic nitrogens is 2. The fourth-order valence-corrected chi connectivity index (χ4v) is 2.63. The van der Waals surface area contributed by atoms with Gasteiger partial charge in [0, 0.05) is 40.5 Å². The molecule has 2 unspecified atom stereocenters. The van der Waals surface area contributed by atoms with Gasteiger partial charge >= 0.3 is 11.9 Å². The summed E-state index contributed by atoms with van der Waals surface area (Å²) in [5.41, 5.74) is -1.10. The highest BCUT2D eigenvalue weighted by molar-refractivity contribution is 5.87. The molecular formula is C22H29N2O8-. The highest BCUT2D eigenvalue weighted by Gasteiger charge is 2.38. The minimum absolute atomic E-state index is 0.0200. The number of aliphatic carboxylic acids is 3. The van der Waals surface area contributed by atoms with Gasteiger partial charge in [-0.05, 0) is 24.0 Å². The Morgan fingerprint density at radius 2 is 1.84 bits per heavy atom. The number of aryl methyl sites for hydroxylation is 1. The van der Waals surface area contributed by atoms with E-state index < -0.39 is 62.1 Å². The Labute approximate surface area is 194 Å². The van der Waals surface area contributed by atoms with Gasteiger partial charge in [-0.15, -0.1) is 0 Å². The average molecular weight is 456 g/mol. The normalized spacial score (nSPS) is 17.1. The van der Waals surface area contributed by atoms with E-state index in [0.29, 0.717) is 0 Å². The Bertz CT molecular complexity index is 1040. The SMILES string of the molecule is O=C([O-])CC(O)(CC(=O)O)C(=O)O.[2H]C([2H])([2H])C(CCOC(c1ccccc1)c1ccnn1C)C([2H])([2H])[2H]. The lowest BCUT2D eigenvalue weighted by Crippen LogP contribution is -2.45. The predicted molar refractivity (Wildman–Crippen MR) is 111 cm³/mol. The highest BCUT2D eigenvalue weighted by atomic mass is 16.5. The van der Waals surface area contributed by atoms with Crippen LogP contribution in [0.2, 0.25) is 0 Å². The van der Waals surface area contributed by atoms with Crippen LogP contribution in [0.3, 0.4) is 0 Å². The molecule has 0 bridgehead atoms. The minimum atomic E-state index is -2.80. The van der Waals surface area contributed by atoms with Gasteiger partial charge in [0.1, 0.15) is 6.10 Å². The molecule has 32 heavy (non-hydrogen) atoms. The second kappa shape index (κ2) is 12.6. The van der Waals surface area contributed by atoms with Gasteiger partial charge in [-0.25, -0.2) is 4.79 Å². The molecule has 0 aliphatic rings. The number of benzene rings is 1. The first-order chi connectivity index (χ1) is 17.4. The number of carboxylic acid groups (broad SMARTS) is 3. The summed E-state index contributed by atoms with van der Waals surface area (Å²) >= 11 is 0. The lowest BCUT2D eigenvalue weighted by atomic mass is 9.96. The average Bonchev–Trinajstić information content (AvgIpc) is 3.17. The first kappa shape index (κ1) is 18.3. The van der Waals surface area contributed by atoms with E-state index in [1.807, 2.05) is 36.4 Å². The van der Waals surface area contributed by atoms with Crippen molar-refractivity contribution in [1.29, 1.82) is 0 Å². The van der Waals surface area contributed by atoms with E-state index >= 15 is 0 Å². The van der Waals surface area contributed by atoms with Gasteiger partial charge in [-0.2, -0.15) is 5.10 Å². The van der Waals surface area contributed by atoms with Crippen molar-refractivity contribution in [2.75, 3.05) is 6.61 Å². The fourth-order valence-electron chi connectivity index (χ4n) is 2.63. The standard InChI is InChI=1S/C16H22N2O.C6H8O7/c1-13(2)10-12-19-16(14-7-5-4-6-8-14)15-9-11-17-18(15)3;7-3(8)1-6(13,5(11)12)2-4(9)10/h4-9,11,13,16H,10,12H2,1-3H3;13H,1-2H2,(H,7,8)(H,9,10)(H,11,12)/p-1/i1D3,2D3;. The quantitative estimate of drug-likeness (QED) is 0.448. The number of carbonyl (C=O) groups is 3. The Balaban J connectivity index is 0.000000471. The molecule has 10 heteroatoms. The van der Waals surface area contributed by atoms with Gasteiger partial charge in [-0.3, -0.25) is 9.48 Å². The van der Waals surface area contributed by atoms with Gasteiger partial charge in [0.05, 0.1) is 12.1 Å². The smallest absolute Gasteiger partial charge is 0.336 e. The summed E-state index contributed by atoms with van der Waals surface area (Å²) in [5, 5.41) is 39.6. The zero-order valence-electron chi connectivity index (χ0n) is 23.3. The van der Waals surface area contributed by atoms with Gasteiger partial charge < -0.3 is 30.0 Å². The number of aliphatic hydroxyl groups is 1. The van der Waals surface area contributed by atoms with Crippen LogP contribution in [0, 0.1) is 5.92 Å². The number of ether oxygens (including phenoxy) is 1. The van der Waals surface area contributed by atoms with Crippen LogP contribution in [0.25, 0.3) is 0 Å². The molecule has 10 nitrogen and oxygen atoms in total. The summed E-state index contributed by atoms with van der Waals surface area (Å²) in [6.07, 6.45) is -1.30. The topological polar surface area (TPSA) is 162 Å². The van der Waals surface area contributed by atoms with E-state index in [1.165, 1.54) is 0 Å². The van der Waals surface area contributed by atoms with Crippen LogP contribution in [0.1, 0.15) is 58.6 Å². The largest absolute Gasteiger partial charge is 0.550 e. The van der Waals surface area contributed by atoms with E-state index in [0.717, 1.165) is 11.3 Å². The molecule has 2 aromatic rings. The Morgan fingerprint density at radius 3 is 2.31 bits per heavy atom. The van der Waals surface area contributed by atoms with E-state index in [2.05, 4.69) is 5.10 Å². The van der Waals surface area contributed by atoms with Crippen LogP contribution < -0.4 is 5.11 Å². The molecule has 0 fully saturated rings. The molecule has 3 N–H and O–H groups in total. The Kier molecular flexibility index (Phi) is 7.21. The Hall–Kier alpha value is -3.24. The molecule has 0 aliphatic heterocycles. The number of carboxylic acids is 3. The summed E-state index contributed by atoms with van der Waals surface area (Å²) in [6.45, 7) is -5.08. The number of hydrogen-bond acceptors (Lipinski definition) is 7.